The van der Waals surface area contributed by atoms with Crippen molar-refractivity contribution in [3.05, 3.63) is 95.6 Å². The summed E-state index contributed by atoms with van der Waals surface area (Å²) < 4.78 is 27.2. The maximum atomic E-state index is 12.9. The van der Waals surface area contributed by atoms with Crippen LogP contribution in [0.15, 0.2) is 83.8 Å². The van der Waals surface area contributed by atoms with Crippen LogP contribution in [0.2, 0.25) is 0 Å². The zero-order valence-corrected chi connectivity index (χ0v) is 18.9. The molecule has 4 rings (SSSR count). The maximum absolute atomic E-state index is 12.9. The number of piperidine rings is 1. The number of rotatable bonds is 7. The monoisotopic (exact) mass is 448 g/mol. The molecule has 1 fully saturated rings. The van der Waals surface area contributed by atoms with Crippen molar-refractivity contribution in [3.8, 4) is 0 Å². The van der Waals surface area contributed by atoms with Crippen molar-refractivity contribution in [2.75, 3.05) is 18.4 Å². The van der Waals surface area contributed by atoms with Crippen molar-refractivity contribution in [2.24, 2.45) is 0 Å². The van der Waals surface area contributed by atoms with E-state index < -0.39 is 10.0 Å². The van der Waals surface area contributed by atoms with Crippen LogP contribution in [0.3, 0.4) is 0 Å². The molecule has 5 nitrogen and oxygen atoms in total. The van der Waals surface area contributed by atoms with Gasteiger partial charge in [-0.05, 0) is 67.1 Å². The summed E-state index contributed by atoms with van der Waals surface area (Å²) in [6.07, 6.45) is 4.49. The van der Waals surface area contributed by atoms with Crippen LogP contribution in [0.1, 0.15) is 40.7 Å². The summed E-state index contributed by atoms with van der Waals surface area (Å²) in [5, 5.41) is 2.91. The van der Waals surface area contributed by atoms with Crippen LogP contribution in [0, 0.1) is 0 Å². The lowest BCUT2D eigenvalue weighted by atomic mass is 9.99. The predicted octanol–water partition coefficient (Wildman–Crippen LogP) is 4.90. The molecule has 166 valence electrons. The molecule has 0 aromatic heterocycles. The first kappa shape index (κ1) is 22.2. The van der Waals surface area contributed by atoms with E-state index in [1.165, 1.54) is 5.56 Å². The smallest absolute Gasteiger partial charge is 0.255 e. The van der Waals surface area contributed by atoms with Gasteiger partial charge in [-0.25, -0.2) is 8.42 Å². The van der Waals surface area contributed by atoms with Crippen molar-refractivity contribution in [3.63, 3.8) is 0 Å². The molecule has 32 heavy (non-hydrogen) atoms. The molecule has 1 aliphatic rings. The quantitative estimate of drug-likeness (QED) is 0.559. The Kier molecular flexibility index (Phi) is 7.02. The van der Waals surface area contributed by atoms with E-state index in [1.54, 1.807) is 28.6 Å². The van der Waals surface area contributed by atoms with Crippen molar-refractivity contribution in [2.45, 2.75) is 37.0 Å². The first-order chi connectivity index (χ1) is 15.5. The van der Waals surface area contributed by atoms with Gasteiger partial charge in [-0.15, -0.1) is 0 Å². The predicted molar refractivity (Wildman–Crippen MR) is 127 cm³/mol. The number of nitrogens with zero attached hydrogens (tertiary/aromatic N) is 1. The fourth-order valence-corrected chi connectivity index (χ4v) is 5.56. The number of aryl methyl sites for hydroxylation is 2. The lowest BCUT2D eigenvalue weighted by Crippen LogP contribution is -2.35. The minimum atomic E-state index is -3.48. The van der Waals surface area contributed by atoms with Gasteiger partial charge in [-0.2, -0.15) is 4.31 Å². The van der Waals surface area contributed by atoms with Gasteiger partial charge >= 0.3 is 0 Å². The number of hydrogen-bond acceptors (Lipinski definition) is 3. The molecule has 0 atom stereocenters. The number of nitrogens with one attached hydrogen (secondary N) is 1. The van der Waals surface area contributed by atoms with E-state index in [2.05, 4.69) is 17.4 Å². The highest BCUT2D eigenvalue weighted by molar-refractivity contribution is 7.89. The number of amides is 1. The number of benzene rings is 3. The van der Waals surface area contributed by atoms with Crippen LogP contribution in [0.25, 0.3) is 0 Å². The van der Waals surface area contributed by atoms with E-state index in [1.807, 2.05) is 42.5 Å². The van der Waals surface area contributed by atoms with Gasteiger partial charge in [0.1, 0.15) is 0 Å². The number of carbonyl (C=O) groups excluding carboxylic acids is 1. The summed E-state index contributed by atoms with van der Waals surface area (Å²) in [5.41, 5.74) is 3.42. The van der Waals surface area contributed by atoms with Gasteiger partial charge in [0.05, 0.1) is 4.90 Å². The van der Waals surface area contributed by atoms with Crippen LogP contribution < -0.4 is 5.32 Å². The van der Waals surface area contributed by atoms with Gasteiger partial charge in [0.25, 0.3) is 5.91 Å². The van der Waals surface area contributed by atoms with Gasteiger partial charge in [-0.3, -0.25) is 4.79 Å². The Labute approximate surface area is 190 Å². The molecule has 6 heteroatoms. The van der Waals surface area contributed by atoms with Gasteiger partial charge in [-0.1, -0.05) is 55.0 Å². The topological polar surface area (TPSA) is 66.5 Å². The Bertz CT molecular complexity index is 1150. The highest BCUT2D eigenvalue weighted by Crippen LogP contribution is 2.22. The van der Waals surface area contributed by atoms with Crippen molar-refractivity contribution in [1.82, 2.24) is 4.31 Å². The van der Waals surface area contributed by atoms with Gasteiger partial charge < -0.3 is 5.32 Å². The second-order valence-electron chi connectivity index (χ2n) is 8.09. The minimum absolute atomic E-state index is 0.194. The maximum Gasteiger partial charge on any atom is 0.255 e. The summed E-state index contributed by atoms with van der Waals surface area (Å²) in [6.45, 7) is 1.14. The van der Waals surface area contributed by atoms with Gasteiger partial charge in [0.2, 0.25) is 10.0 Å². The van der Waals surface area contributed by atoms with Gasteiger partial charge in [0, 0.05) is 24.3 Å². The van der Waals surface area contributed by atoms with E-state index in [4.69, 9.17) is 0 Å². The molecule has 0 saturated carbocycles. The molecule has 3 aromatic rings. The third kappa shape index (κ3) is 5.26. The number of hydrogen-bond donors (Lipinski definition) is 1. The van der Waals surface area contributed by atoms with Crippen molar-refractivity contribution < 1.29 is 13.2 Å². The summed E-state index contributed by atoms with van der Waals surface area (Å²) in [5.74, 6) is -0.194. The molecule has 1 N–H and O–H groups in total. The minimum Gasteiger partial charge on any atom is -0.322 e. The van der Waals surface area contributed by atoms with Crippen LogP contribution in [0.4, 0.5) is 5.69 Å². The third-order valence-corrected chi connectivity index (χ3v) is 7.77. The molecule has 1 heterocycles. The molecular weight excluding hydrogens is 420 g/mol. The molecule has 0 unspecified atom stereocenters. The second-order valence-corrected chi connectivity index (χ2v) is 10.0. The summed E-state index contributed by atoms with van der Waals surface area (Å²) >= 11 is 0. The Morgan fingerprint density at radius 1 is 0.781 bits per heavy atom. The molecule has 0 spiro atoms. The third-order valence-electron chi connectivity index (χ3n) is 5.85. The summed E-state index contributed by atoms with van der Waals surface area (Å²) in [4.78, 5) is 13.2. The second kappa shape index (κ2) is 10.1. The Morgan fingerprint density at radius 3 is 2.16 bits per heavy atom. The van der Waals surface area contributed by atoms with Crippen molar-refractivity contribution in [1.29, 1.82) is 0 Å². The summed E-state index contributed by atoms with van der Waals surface area (Å²) in [7, 11) is -3.48. The fourth-order valence-electron chi connectivity index (χ4n) is 4.05. The number of carbonyl (C=O) groups is 1. The Morgan fingerprint density at radius 2 is 1.44 bits per heavy atom. The molecule has 1 saturated heterocycles. The Balaban J connectivity index is 1.44. The van der Waals surface area contributed by atoms with E-state index in [9.17, 15) is 13.2 Å². The highest BCUT2D eigenvalue weighted by atomic mass is 32.2. The summed E-state index contributed by atoms with van der Waals surface area (Å²) in [6, 6.07) is 24.2. The standard InChI is InChI=1S/C26H28N2O3S/c29-26(25-12-6-5-11-22(25)14-13-21-9-3-1-4-10-21)27-23-15-17-24(18-16-23)32(30,31)28-19-7-2-8-20-28/h1,3-6,9-12,15-18H,2,7-8,13-14,19-20H2,(H,27,29). The lowest BCUT2D eigenvalue weighted by molar-refractivity contribution is 0.102. The van der Waals surface area contributed by atoms with E-state index in [-0.39, 0.29) is 10.8 Å². The first-order valence-electron chi connectivity index (χ1n) is 11.1. The molecule has 1 aliphatic heterocycles. The fraction of sp³-hybridized carbons (Fsp3) is 0.269. The van der Waals surface area contributed by atoms with Crippen molar-refractivity contribution >= 4 is 21.6 Å². The van der Waals surface area contributed by atoms with Crippen LogP contribution in [-0.4, -0.2) is 31.7 Å². The van der Waals surface area contributed by atoms with E-state index in [0.29, 0.717) is 24.3 Å². The van der Waals surface area contributed by atoms with Gasteiger partial charge in [0.15, 0.2) is 0 Å². The Hall–Kier alpha value is -2.96. The molecule has 0 radical (unpaired) electrons. The number of sulfonamides is 1. The molecular formula is C26H28N2O3S. The zero-order chi connectivity index (χ0) is 22.4. The van der Waals surface area contributed by atoms with Crippen LogP contribution in [-0.2, 0) is 22.9 Å². The van der Waals surface area contributed by atoms with E-state index in [0.717, 1.165) is 37.7 Å². The highest BCUT2D eigenvalue weighted by Gasteiger charge is 2.25. The molecule has 3 aromatic carbocycles. The van der Waals surface area contributed by atoms with Crippen LogP contribution >= 0.6 is 0 Å². The average molecular weight is 449 g/mol. The average Bonchev–Trinajstić information content (AvgIpc) is 2.84. The first-order valence-corrected chi connectivity index (χ1v) is 12.5. The number of anilines is 1. The normalized spacial score (nSPS) is 14.8. The van der Waals surface area contributed by atoms with E-state index >= 15 is 0 Å². The lowest BCUT2D eigenvalue weighted by Gasteiger charge is -2.25. The molecule has 0 aliphatic carbocycles. The zero-order valence-electron chi connectivity index (χ0n) is 18.0. The molecule has 0 bridgehead atoms. The van der Waals surface area contributed by atoms with Crippen LogP contribution in [0.5, 0.6) is 0 Å². The molecule has 1 amide bonds. The largest absolute Gasteiger partial charge is 0.322 e. The SMILES string of the molecule is O=C(Nc1ccc(S(=O)(=O)N2CCCCC2)cc1)c1ccccc1CCc1ccccc1.